The summed E-state index contributed by atoms with van der Waals surface area (Å²) in [6.45, 7) is 3.63. The van der Waals surface area contributed by atoms with E-state index in [0.29, 0.717) is 17.8 Å². The van der Waals surface area contributed by atoms with Gasteiger partial charge in [0, 0.05) is 17.3 Å². The van der Waals surface area contributed by atoms with E-state index in [4.69, 9.17) is 0 Å². The molecule has 1 aliphatic heterocycles. The smallest absolute Gasteiger partial charge is 0.295 e. The van der Waals surface area contributed by atoms with Crippen LogP contribution in [0.3, 0.4) is 0 Å². The molecule has 3 heterocycles. The number of aromatic nitrogens is 3. The number of H-pyrrole nitrogens is 1. The van der Waals surface area contributed by atoms with Crippen LogP contribution in [0.1, 0.15) is 23.7 Å². The van der Waals surface area contributed by atoms with Crippen molar-refractivity contribution in [3.05, 3.63) is 112 Å². The number of carbonyl (C=O) groups is 2. The van der Waals surface area contributed by atoms with Gasteiger partial charge in [-0.05, 0) is 43.7 Å². The molecule has 0 spiro atoms. The number of benzene rings is 2. The highest BCUT2D eigenvalue weighted by Crippen LogP contribution is 2.34. The van der Waals surface area contributed by atoms with Gasteiger partial charge in [-0.1, -0.05) is 37.3 Å². The van der Waals surface area contributed by atoms with Gasteiger partial charge >= 0.3 is 5.91 Å². The standard InChI is InChI=1S/C27H21FN4O3/c1-3-18-10-9-15-30(16-18)24-23(25(33)31(27(24)35)21-14-8-7-13-20(21)28)22-17(2)29-32(26(22)34)19-11-5-4-6-12-19/h4-16H,3H2,1-2H3/p+1. The number of imide groups is 1. The number of anilines is 1. The van der Waals surface area contributed by atoms with Gasteiger partial charge in [0.25, 0.3) is 17.2 Å². The SMILES string of the molecule is CCc1ccc[n+](C2=C(c3c(C)[nH]n(-c4ccccc4)c3=O)C(=O)N(c3ccccc3F)C2=O)c1. The molecule has 35 heavy (non-hydrogen) atoms. The third-order valence-corrected chi connectivity index (χ3v) is 6.02. The van der Waals surface area contributed by atoms with Gasteiger partial charge in [-0.3, -0.25) is 19.5 Å². The lowest BCUT2D eigenvalue weighted by Gasteiger charge is -2.14. The Balaban J connectivity index is 1.78. The topological polar surface area (TPSA) is 79.1 Å². The number of nitrogens with zero attached hydrogens (tertiary/aromatic N) is 3. The summed E-state index contributed by atoms with van der Waals surface area (Å²) in [5, 5.41) is 3.01. The Kier molecular flexibility index (Phi) is 5.49. The third kappa shape index (κ3) is 3.59. The molecule has 7 nitrogen and oxygen atoms in total. The Labute approximate surface area is 200 Å². The highest BCUT2D eigenvalue weighted by molar-refractivity contribution is 6.53. The van der Waals surface area contributed by atoms with Crippen LogP contribution in [0.4, 0.5) is 10.1 Å². The quantitative estimate of drug-likeness (QED) is 0.359. The zero-order valence-corrected chi connectivity index (χ0v) is 19.2. The van der Waals surface area contributed by atoms with Crippen LogP contribution in [-0.2, 0) is 16.0 Å². The molecule has 4 aromatic rings. The van der Waals surface area contributed by atoms with E-state index in [0.717, 1.165) is 10.5 Å². The molecule has 0 saturated heterocycles. The second-order valence-electron chi connectivity index (χ2n) is 8.18. The molecule has 174 valence electrons. The minimum atomic E-state index is -0.760. The lowest BCUT2D eigenvalue weighted by atomic mass is 10.1. The predicted molar refractivity (Wildman–Crippen MR) is 129 cm³/mol. The zero-order chi connectivity index (χ0) is 24.7. The van der Waals surface area contributed by atoms with Crippen LogP contribution in [-0.4, -0.2) is 21.6 Å². The Hall–Kier alpha value is -4.59. The molecule has 5 rings (SSSR count). The normalized spacial score (nSPS) is 13.7. The fourth-order valence-corrected chi connectivity index (χ4v) is 4.31. The van der Waals surface area contributed by atoms with E-state index in [9.17, 15) is 18.8 Å². The molecule has 8 heteroatoms. The summed E-state index contributed by atoms with van der Waals surface area (Å²) in [6, 6.07) is 18.2. The molecule has 1 N–H and O–H groups in total. The van der Waals surface area contributed by atoms with Gasteiger partial charge in [-0.25, -0.2) is 14.0 Å². The van der Waals surface area contributed by atoms with Crippen molar-refractivity contribution in [3.63, 3.8) is 0 Å². The summed E-state index contributed by atoms with van der Waals surface area (Å²) < 4.78 is 17.6. The van der Waals surface area contributed by atoms with Crippen LogP contribution in [0.2, 0.25) is 0 Å². The van der Waals surface area contributed by atoms with Gasteiger partial charge in [0.05, 0.1) is 16.9 Å². The second kappa shape index (κ2) is 8.64. The number of para-hydroxylation sites is 2. The first-order chi connectivity index (χ1) is 16.9. The highest BCUT2D eigenvalue weighted by atomic mass is 19.1. The second-order valence-corrected chi connectivity index (χ2v) is 8.18. The number of pyridine rings is 1. The van der Waals surface area contributed by atoms with Crippen LogP contribution in [0.5, 0.6) is 0 Å². The first-order valence-corrected chi connectivity index (χ1v) is 11.2. The lowest BCUT2D eigenvalue weighted by molar-refractivity contribution is -0.577. The number of nitrogens with one attached hydrogen (secondary N) is 1. The van der Waals surface area contributed by atoms with Crippen molar-refractivity contribution in [2.24, 2.45) is 0 Å². The molecule has 2 aromatic carbocycles. The molecule has 0 bridgehead atoms. The Morgan fingerprint density at radius 1 is 0.914 bits per heavy atom. The number of halogens is 1. The van der Waals surface area contributed by atoms with Crippen LogP contribution in [0, 0.1) is 12.7 Å². The summed E-state index contributed by atoms with van der Waals surface area (Å²) in [7, 11) is 0. The summed E-state index contributed by atoms with van der Waals surface area (Å²) in [4.78, 5) is 41.8. The number of aryl methyl sites for hydroxylation is 2. The fourth-order valence-electron chi connectivity index (χ4n) is 4.31. The van der Waals surface area contributed by atoms with Crippen molar-refractivity contribution in [3.8, 4) is 5.69 Å². The van der Waals surface area contributed by atoms with Crippen molar-refractivity contribution in [2.45, 2.75) is 20.3 Å². The Morgan fingerprint density at radius 3 is 2.34 bits per heavy atom. The van der Waals surface area contributed by atoms with Gasteiger partial charge in [0.15, 0.2) is 12.4 Å². The van der Waals surface area contributed by atoms with Crippen LogP contribution in [0.25, 0.3) is 17.0 Å². The highest BCUT2D eigenvalue weighted by Gasteiger charge is 2.48. The van der Waals surface area contributed by atoms with Gasteiger partial charge < -0.3 is 0 Å². The molecule has 0 unspecified atom stereocenters. The average Bonchev–Trinajstić information content (AvgIpc) is 3.30. The molecule has 1 aliphatic rings. The molecule has 0 fully saturated rings. The number of aromatic amines is 1. The molecule has 0 radical (unpaired) electrons. The third-order valence-electron chi connectivity index (χ3n) is 6.02. The number of rotatable bonds is 5. The lowest BCUT2D eigenvalue weighted by Crippen LogP contribution is -2.40. The molecule has 0 atom stereocenters. The predicted octanol–water partition coefficient (Wildman–Crippen LogP) is 3.40. The summed E-state index contributed by atoms with van der Waals surface area (Å²) in [6.07, 6.45) is 4.08. The van der Waals surface area contributed by atoms with Crippen molar-refractivity contribution in [2.75, 3.05) is 4.90 Å². The van der Waals surface area contributed by atoms with Crippen LogP contribution < -0.4 is 15.0 Å². The average molecular weight is 469 g/mol. The number of hydrogen-bond donors (Lipinski definition) is 1. The Bertz CT molecular complexity index is 1570. The number of carbonyl (C=O) groups excluding carboxylic acids is 2. The largest absolute Gasteiger partial charge is 0.331 e. The monoisotopic (exact) mass is 469 g/mol. The van der Waals surface area contributed by atoms with Crippen molar-refractivity contribution < 1.29 is 18.5 Å². The van der Waals surface area contributed by atoms with Gasteiger partial charge in [-0.2, -0.15) is 4.57 Å². The molecule has 0 aliphatic carbocycles. The van der Waals surface area contributed by atoms with Gasteiger partial charge in [-0.15, -0.1) is 0 Å². The van der Waals surface area contributed by atoms with Gasteiger partial charge in [0.1, 0.15) is 11.4 Å². The molecular weight excluding hydrogens is 447 g/mol. The van der Waals surface area contributed by atoms with E-state index < -0.39 is 23.2 Å². The molecule has 0 saturated carbocycles. The van der Waals surface area contributed by atoms with E-state index in [-0.39, 0.29) is 22.5 Å². The summed E-state index contributed by atoms with van der Waals surface area (Å²) in [5.41, 5.74) is 1.25. The fraction of sp³-hybridized carbons (Fsp3) is 0.111. The van der Waals surface area contributed by atoms with E-state index >= 15 is 0 Å². The maximum Gasteiger partial charge on any atom is 0.331 e. The minimum Gasteiger partial charge on any atom is -0.295 e. The van der Waals surface area contributed by atoms with Crippen molar-refractivity contribution >= 4 is 28.8 Å². The van der Waals surface area contributed by atoms with Gasteiger partial charge in [0.2, 0.25) is 0 Å². The maximum atomic E-state index is 14.7. The maximum absolute atomic E-state index is 14.7. The van der Waals surface area contributed by atoms with E-state index in [1.165, 1.54) is 27.4 Å². The van der Waals surface area contributed by atoms with E-state index in [1.807, 2.05) is 19.1 Å². The van der Waals surface area contributed by atoms with Crippen molar-refractivity contribution in [1.29, 1.82) is 0 Å². The first kappa shape index (κ1) is 22.2. The molecular formula is C27H22FN4O3+. The van der Waals surface area contributed by atoms with E-state index in [2.05, 4.69) is 5.10 Å². The molecule has 2 amide bonds. The first-order valence-electron chi connectivity index (χ1n) is 11.2. The van der Waals surface area contributed by atoms with E-state index in [1.54, 1.807) is 55.7 Å². The Morgan fingerprint density at radius 2 is 1.63 bits per heavy atom. The summed E-state index contributed by atoms with van der Waals surface area (Å²) >= 11 is 0. The number of hydrogen-bond acceptors (Lipinski definition) is 3. The van der Waals surface area contributed by atoms with Crippen molar-refractivity contribution in [1.82, 2.24) is 9.78 Å². The molecule has 2 aromatic heterocycles. The van der Waals surface area contributed by atoms with Crippen LogP contribution >= 0.6 is 0 Å². The summed E-state index contributed by atoms with van der Waals surface area (Å²) in [5.74, 6) is -2.18. The van der Waals surface area contributed by atoms with Crippen LogP contribution in [0.15, 0.2) is 83.9 Å². The zero-order valence-electron chi connectivity index (χ0n) is 19.2. The minimum absolute atomic E-state index is 0.00651. The number of amides is 2.